The van der Waals surface area contributed by atoms with Crippen LogP contribution in [0.3, 0.4) is 0 Å². The molecule has 2 unspecified atom stereocenters. The standard InChI is InChI=1S/C20H36O6/c1-4-7-9-11-14-16(18(22)23)20(19(24)25,17(21)13-6-3)26-15-12-10-8-5-2/h16H,4-15H2,1-3H3,(H,22,23)(H,24,25). The van der Waals surface area contributed by atoms with Gasteiger partial charge in [0.05, 0.1) is 0 Å². The van der Waals surface area contributed by atoms with Crippen molar-refractivity contribution in [3.05, 3.63) is 0 Å². The molecule has 0 aromatic carbocycles. The number of unbranched alkanes of at least 4 members (excludes halogenated alkanes) is 6. The van der Waals surface area contributed by atoms with Crippen LogP contribution in [0.25, 0.3) is 0 Å². The molecule has 26 heavy (non-hydrogen) atoms. The molecule has 2 atom stereocenters. The molecule has 0 saturated heterocycles. The fraction of sp³-hybridized carbons (Fsp3) is 0.850. The van der Waals surface area contributed by atoms with E-state index in [9.17, 15) is 24.6 Å². The normalized spacial score (nSPS) is 14.6. The highest BCUT2D eigenvalue weighted by Gasteiger charge is 2.55. The third-order valence-electron chi connectivity index (χ3n) is 4.67. The number of carboxylic acids is 2. The van der Waals surface area contributed by atoms with Crippen molar-refractivity contribution in [3.8, 4) is 0 Å². The highest BCUT2D eigenvalue weighted by molar-refractivity contribution is 6.09. The first kappa shape index (κ1) is 24.6. The Morgan fingerprint density at radius 1 is 0.846 bits per heavy atom. The monoisotopic (exact) mass is 372 g/mol. The van der Waals surface area contributed by atoms with Gasteiger partial charge in [0.1, 0.15) is 5.92 Å². The van der Waals surface area contributed by atoms with Crippen LogP contribution in [0, 0.1) is 5.92 Å². The van der Waals surface area contributed by atoms with Gasteiger partial charge < -0.3 is 14.9 Å². The second kappa shape index (κ2) is 13.7. The zero-order chi connectivity index (χ0) is 20.0. The van der Waals surface area contributed by atoms with E-state index >= 15 is 0 Å². The van der Waals surface area contributed by atoms with Crippen molar-refractivity contribution in [2.24, 2.45) is 5.92 Å². The Morgan fingerprint density at radius 2 is 1.42 bits per heavy atom. The van der Waals surface area contributed by atoms with Crippen molar-refractivity contribution in [1.82, 2.24) is 0 Å². The van der Waals surface area contributed by atoms with E-state index in [4.69, 9.17) is 4.74 Å². The van der Waals surface area contributed by atoms with Gasteiger partial charge in [0.25, 0.3) is 0 Å². The number of ketones is 1. The second-order valence-corrected chi connectivity index (χ2v) is 6.86. The molecule has 2 N–H and O–H groups in total. The molecule has 0 bridgehead atoms. The average Bonchev–Trinajstić information content (AvgIpc) is 2.58. The van der Waals surface area contributed by atoms with Crippen LogP contribution in [0.5, 0.6) is 0 Å². The van der Waals surface area contributed by atoms with E-state index < -0.39 is 29.2 Å². The van der Waals surface area contributed by atoms with E-state index in [1.807, 2.05) is 6.92 Å². The highest BCUT2D eigenvalue weighted by Crippen LogP contribution is 2.32. The van der Waals surface area contributed by atoms with Crippen molar-refractivity contribution in [3.63, 3.8) is 0 Å². The molecular weight excluding hydrogens is 336 g/mol. The number of hydrogen-bond acceptors (Lipinski definition) is 4. The van der Waals surface area contributed by atoms with Crippen LogP contribution in [0.2, 0.25) is 0 Å². The number of aliphatic carboxylic acids is 2. The Morgan fingerprint density at radius 3 is 1.88 bits per heavy atom. The Bertz CT molecular complexity index is 434. The Kier molecular flexibility index (Phi) is 13.0. The molecule has 0 heterocycles. The van der Waals surface area contributed by atoms with Crippen LogP contribution in [0.1, 0.15) is 91.4 Å². The fourth-order valence-corrected chi connectivity index (χ4v) is 3.16. The lowest BCUT2D eigenvalue weighted by atomic mass is 9.78. The van der Waals surface area contributed by atoms with Gasteiger partial charge >= 0.3 is 11.9 Å². The summed E-state index contributed by atoms with van der Waals surface area (Å²) in [5, 5.41) is 19.5. The molecular formula is C20H36O6. The zero-order valence-electron chi connectivity index (χ0n) is 16.6. The molecule has 0 aliphatic rings. The van der Waals surface area contributed by atoms with E-state index in [1.54, 1.807) is 6.92 Å². The third kappa shape index (κ3) is 7.44. The van der Waals surface area contributed by atoms with Crippen LogP contribution in [-0.2, 0) is 19.1 Å². The van der Waals surface area contributed by atoms with E-state index in [1.165, 1.54) is 0 Å². The second-order valence-electron chi connectivity index (χ2n) is 6.86. The van der Waals surface area contributed by atoms with Crippen molar-refractivity contribution in [2.45, 2.75) is 97.0 Å². The molecule has 0 rings (SSSR count). The minimum atomic E-state index is -2.28. The average molecular weight is 373 g/mol. The lowest BCUT2D eigenvalue weighted by Gasteiger charge is -2.33. The third-order valence-corrected chi connectivity index (χ3v) is 4.67. The smallest absolute Gasteiger partial charge is 0.344 e. The first-order chi connectivity index (χ1) is 12.4. The summed E-state index contributed by atoms with van der Waals surface area (Å²) in [7, 11) is 0. The summed E-state index contributed by atoms with van der Waals surface area (Å²) >= 11 is 0. The first-order valence-corrected chi connectivity index (χ1v) is 10.0. The predicted molar refractivity (Wildman–Crippen MR) is 100 cm³/mol. The number of carbonyl (C=O) groups is 3. The lowest BCUT2D eigenvalue weighted by Crippen LogP contribution is -2.57. The molecule has 0 radical (unpaired) electrons. The van der Waals surface area contributed by atoms with Crippen molar-refractivity contribution in [1.29, 1.82) is 0 Å². The summed E-state index contributed by atoms with van der Waals surface area (Å²) in [5.41, 5.74) is -2.28. The molecule has 0 aromatic heterocycles. The largest absolute Gasteiger partial charge is 0.481 e. The van der Waals surface area contributed by atoms with Gasteiger partial charge in [0, 0.05) is 13.0 Å². The van der Waals surface area contributed by atoms with E-state index in [2.05, 4.69) is 6.92 Å². The first-order valence-electron chi connectivity index (χ1n) is 10.0. The zero-order valence-corrected chi connectivity index (χ0v) is 16.6. The van der Waals surface area contributed by atoms with E-state index in [0.29, 0.717) is 19.3 Å². The number of carbonyl (C=O) groups excluding carboxylic acids is 1. The number of Topliss-reactive ketones (excluding diaryl/α,β-unsaturated/α-hetero) is 1. The summed E-state index contributed by atoms with van der Waals surface area (Å²) in [4.78, 5) is 36.6. The minimum Gasteiger partial charge on any atom is -0.481 e. The molecule has 0 aliphatic heterocycles. The van der Waals surface area contributed by atoms with E-state index in [-0.39, 0.29) is 19.4 Å². The quantitative estimate of drug-likeness (QED) is 0.289. The predicted octanol–water partition coefficient (Wildman–Crippen LogP) is 4.45. The number of ether oxygens (including phenoxy) is 1. The van der Waals surface area contributed by atoms with Crippen LogP contribution < -0.4 is 0 Å². The molecule has 0 fully saturated rings. The van der Waals surface area contributed by atoms with Gasteiger partial charge in [-0.25, -0.2) is 4.79 Å². The van der Waals surface area contributed by atoms with Crippen LogP contribution in [-0.4, -0.2) is 40.1 Å². The number of carboxylic acid groups (broad SMARTS) is 2. The fourth-order valence-electron chi connectivity index (χ4n) is 3.16. The lowest BCUT2D eigenvalue weighted by molar-refractivity contribution is -0.188. The van der Waals surface area contributed by atoms with Gasteiger partial charge in [0.2, 0.25) is 5.60 Å². The van der Waals surface area contributed by atoms with Crippen LogP contribution in [0.15, 0.2) is 0 Å². The van der Waals surface area contributed by atoms with Crippen molar-refractivity contribution < 1.29 is 29.3 Å². The van der Waals surface area contributed by atoms with Crippen LogP contribution >= 0.6 is 0 Å². The maximum absolute atomic E-state index is 12.7. The Labute approximate surface area is 157 Å². The minimum absolute atomic E-state index is 0. The van der Waals surface area contributed by atoms with Crippen molar-refractivity contribution in [2.75, 3.05) is 6.61 Å². The van der Waals surface area contributed by atoms with Gasteiger partial charge in [0.15, 0.2) is 5.78 Å². The summed E-state index contributed by atoms with van der Waals surface area (Å²) in [6.45, 7) is 5.95. The maximum Gasteiger partial charge on any atom is 0.344 e. The summed E-state index contributed by atoms with van der Waals surface area (Å²) in [6, 6.07) is 0. The van der Waals surface area contributed by atoms with Gasteiger partial charge in [-0.05, 0) is 19.3 Å². The van der Waals surface area contributed by atoms with Crippen LogP contribution in [0.4, 0.5) is 0 Å². The van der Waals surface area contributed by atoms with E-state index in [0.717, 1.165) is 38.5 Å². The molecule has 0 aliphatic carbocycles. The van der Waals surface area contributed by atoms with Gasteiger partial charge in [-0.1, -0.05) is 65.7 Å². The van der Waals surface area contributed by atoms with Crippen molar-refractivity contribution >= 4 is 17.7 Å². The molecule has 0 aromatic rings. The molecule has 0 spiro atoms. The highest BCUT2D eigenvalue weighted by atomic mass is 16.5. The Hall–Kier alpha value is -1.43. The molecule has 0 saturated carbocycles. The molecule has 6 heteroatoms. The number of hydrogen-bond donors (Lipinski definition) is 2. The summed E-state index contributed by atoms with van der Waals surface area (Å²) in [6.07, 6.45) is 7.40. The Balaban J connectivity index is 5.46. The summed E-state index contributed by atoms with van der Waals surface area (Å²) in [5.74, 6) is -4.75. The molecule has 152 valence electrons. The topological polar surface area (TPSA) is 101 Å². The van der Waals surface area contributed by atoms with Gasteiger partial charge in [-0.15, -0.1) is 0 Å². The summed E-state index contributed by atoms with van der Waals surface area (Å²) < 4.78 is 5.60. The maximum atomic E-state index is 12.7. The SMILES string of the molecule is CCCCCCOC(C(=O)O)(C(=O)CCC)C(CCCCCC)C(=O)O. The van der Waals surface area contributed by atoms with Gasteiger partial charge in [-0.2, -0.15) is 0 Å². The molecule has 0 amide bonds. The number of rotatable bonds is 17. The molecule has 6 nitrogen and oxygen atoms in total. The van der Waals surface area contributed by atoms with Gasteiger partial charge in [-0.3, -0.25) is 9.59 Å².